The molecule has 1 atom stereocenters. The van der Waals surface area contributed by atoms with Crippen LogP contribution in [0.5, 0.6) is 0 Å². The predicted molar refractivity (Wildman–Crippen MR) is 126 cm³/mol. The van der Waals surface area contributed by atoms with E-state index in [2.05, 4.69) is 11.4 Å². The Morgan fingerprint density at radius 3 is 2.77 bits per heavy atom. The van der Waals surface area contributed by atoms with Gasteiger partial charge in [0.1, 0.15) is 5.01 Å². The first-order chi connectivity index (χ1) is 15.2. The van der Waals surface area contributed by atoms with Crippen molar-refractivity contribution in [2.24, 2.45) is 0 Å². The summed E-state index contributed by atoms with van der Waals surface area (Å²) in [5.74, 6) is -0.180. The summed E-state index contributed by atoms with van der Waals surface area (Å²) in [6, 6.07) is 18.9. The summed E-state index contributed by atoms with van der Waals surface area (Å²) in [7, 11) is 0. The van der Waals surface area contributed by atoms with Crippen LogP contribution in [0.4, 0.5) is 5.69 Å². The number of piperidine rings is 1. The Kier molecular flexibility index (Phi) is 5.53. The van der Waals surface area contributed by atoms with Crippen LogP contribution >= 0.6 is 22.7 Å². The number of hydrogen-bond donors (Lipinski definition) is 1. The Balaban J connectivity index is 1.39. The van der Waals surface area contributed by atoms with E-state index >= 15 is 0 Å². The minimum Gasteiger partial charge on any atom is -0.329 e. The highest BCUT2D eigenvalue weighted by molar-refractivity contribution is 7.18. The lowest BCUT2D eigenvalue weighted by Gasteiger charge is -2.34. The van der Waals surface area contributed by atoms with Crippen LogP contribution in [0.3, 0.4) is 0 Å². The zero-order valence-corrected chi connectivity index (χ0v) is 18.4. The first-order valence-corrected chi connectivity index (χ1v) is 12.0. The van der Waals surface area contributed by atoms with Gasteiger partial charge in [0.15, 0.2) is 0 Å². The van der Waals surface area contributed by atoms with Gasteiger partial charge in [0.05, 0.1) is 21.1 Å². The molecule has 0 aliphatic carbocycles. The molecule has 0 saturated carbocycles. The molecule has 5 nitrogen and oxygen atoms in total. The van der Waals surface area contributed by atoms with Crippen molar-refractivity contribution in [2.75, 3.05) is 11.9 Å². The number of thiophene rings is 1. The Labute approximate surface area is 188 Å². The average Bonchev–Trinajstić information content (AvgIpc) is 3.49. The van der Waals surface area contributed by atoms with Crippen molar-refractivity contribution < 1.29 is 9.59 Å². The number of likely N-dealkylation sites (tertiary alicyclic amines) is 1. The zero-order chi connectivity index (χ0) is 21.2. The normalized spacial score (nSPS) is 16.4. The summed E-state index contributed by atoms with van der Waals surface area (Å²) in [5, 5.41) is 5.76. The smallest absolute Gasteiger partial charge is 0.265 e. The van der Waals surface area contributed by atoms with Crippen molar-refractivity contribution in [3.8, 4) is 0 Å². The maximum Gasteiger partial charge on any atom is 0.265 e. The number of carbonyl (C=O) groups excluding carboxylic acids is 2. The van der Waals surface area contributed by atoms with Crippen LogP contribution < -0.4 is 5.32 Å². The Morgan fingerprint density at radius 1 is 1.03 bits per heavy atom. The SMILES string of the molecule is O=C(Nc1cccc(C(=O)N2CCCCC2c2nc3ccccc3s2)c1)c1cccs1. The Morgan fingerprint density at radius 2 is 1.94 bits per heavy atom. The van der Waals surface area contributed by atoms with Gasteiger partial charge >= 0.3 is 0 Å². The molecule has 4 aromatic rings. The topological polar surface area (TPSA) is 62.3 Å². The minimum atomic E-state index is -0.162. The zero-order valence-electron chi connectivity index (χ0n) is 16.8. The lowest BCUT2D eigenvalue weighted by molar-refractivity contribution is 0.0611. The molecule has 156 valence electrons. The van der Waals surface area contributed by atoms with Crippen LogP contribution in [0.25, 0.3) is 10.2 Å². The molecule has 2 amide bonds. The highest BCUT2D eigenvalue weighted by atomic mass is 32.1. The lowest BCUT2D eigenvalue weighted by Crippen LogP contribution is -2.38. The molecule has 1 fully saturated rings. The number of nitrogens with one attached hydrogen (secondary N) is 1. The van der Waals surface area contributed by atoms with E-state index in [4.69, 9.17) is 4.98 Å². The van der Waals surface area contributed by atoms with Crippen molar-refractivity contribution in [1.29, 1.82) is 0 Å². The summed E-state index contributed by atoms with van der Waals surface area (Å²) in [6.07, 6.45) is 2.99. The third-order valence-corrected chi connectivity index (χ3v) is 7.48. The average molecular weight is 448 g/mol. The van der Waals surface area contributed by atoms with Crippen LogP contribution in [0.1, 0.15) is 50.3 Å². The van der Waals surface area contributed by atoms with Gasteiger partial charge in [-0.05, 0) is 61.0 Å². The molecule has 0 spiro atoms. The number of aromatic nitrogens is 1. The second-order valence-electron chi connectivity index (χ2n) is 7.54. The Bertz CT molecular complexity index is 1200. The molecule has 1 unspecified atom stereocenters. The van der Waals surface area contributed by atoms with Crippen LogP contribution in [-0.4, -0.2) is 28.2 Å². The number of fused-ring (bicyclic) bond motifs is 1. The summed E-state index contributed by atoms with van der Waals surface area (Å²) in [4.78, 5) is 33.2. The molecule has 31 heavy (non-hydrogen) atoms. The fraction of sp³-hybridized carbons (Fsp3) is 0.208. The number of hydrogen-bond acceptors (Lipinski definition) is 5. The summed E-state index contributed by atoms with van der Waals surface area (Å²) in [5.41, 5.74) is 2.19. The number of amides is 2. The van der Waals surface area contributed by atoms with Gasteiger partial charge < -0.3 is 10.2 Å². The van der Waals surface area contributed by atoms with Gasteiger partial charge in [-0.15, -0.1) is 22.7 Å². The fourth-order valence-electron chi connectivity index (χ4n) is 3.96. The van der Waals surface area contributed by atoms with E-state index in [-0.39, 0.29) is 17.9 Å². The van der Waals surface area contributed by atoms with E-state index in [1.165, 1.54) is 11.3 Å². The van der Waals surface area contributed by atoms with E-state index in [9.17, 15) is 9.59 Å². The second-order valence-corrected chi connectivity index (χ2v) is 9.55. The standard InChI is InChI=1S/C24H21N3O2S2/c28-22(21-12-6-14-30-21)25-17-8-5-7-16(15-17)24(29)27-13-4-3-10-19(27)23-26-18-9-1-2-11-20(18)31-23/h1-2,5-9,11-12,14-15,19H,3-4,10,13H2,(H,25,28). The molecule has 1 N–H and O–H groups in total. The molecule has 7 heteroatoms. The number of thiazole rings is 1. The van der Waals surface area contributed by atoms with Crippen molar-refractivity contribution in [1.82, 2.24) is 9.88 Å². The van der Waals surface area contributed by atoms with Gasteiger partial charge in [0, 0.05) is 17.8 Å². The van der Waals surface area contributed by atoms with Crippen LogP contribution in [0.2, 0.25) is 0 Å². The quantitative estimate of drug-likeness (QED) is 0.419. The summed E-state index contributed by atoms with van der Waals surface area (Å²) >= 11 is 3.06. The molecular formula is C24H21N3O2S2. The third-order valence-electron chi connectivity index (χ3n) is 5.47. The van der Waals surface area contributed by atoms with Crippen LogP contribution in [0, 0.1) is 0 Å². The number of benzene rings is 2. The number of nitrogens with zero attached hydrogens (tertiary/aromatic N) is 2. The van der Waals surface area contributed by atoms with Gasteiger partial charge in [-0.1, -0.05) is 24.3 Å². The number of rotatable bonds is 4. The molecular weight excluding hydrogens is 426 g/mol. The largest absolute Gasteiger partial charge is 0.329 e. The number of anilines is 1. The van der Waals surface area contributed by atoms with Gasteiger partial charge in [-0.25, -0.2) is 4.98 Å². The van der Waals surface area contributed by atoms with E-state index in [0.717, 1.165) is 34.5 Å². The van der Waals surface area contributed by atoms with E-state index in [1.54, 1.807) is 23.5 Å². The maximum atomic E-state index is 13.5. The summed E-state index contributed by atoms with van der Waals surface area (Å²) in [6.45, 7) is 0.713. The first kappa shape index (κ1) is 19.9. The lowest BCUT2D eigenvalue weighted by atomic mass is 10.0. The highest BCUT2D eigenvalue weighted by Crippen LogP contribution is 2.36. The molecule has 0 bridgehead atoms. The molecule has 1 aliphatic rings. The molecule has 3 heterocycles. The predicted octanol–water partition coefficient (Wildman–Crippen LogP) is 5.98. The van der Waals surface area contributed by atoms with E-state index in [0.29, 0.717) is 22.7 Å². The number of carbonyl (C=O) groups is 2. The van der Waals surface area contributed by atoms with Gasteiger partial charge in [-0.3, -0.25) is 9.59 Å². The maximum absolute atomic E-state index is 13.5. The van der Waals surface area contributed by atoms with Crippen molar-refractivity contribution >= 4 is 50.4 Å². The van der Waals surface area contributed by atoms with Crippen molar-refractivity contribution in [3.63, 3.8) is 0 Å². The molecule has 1 saturated heterocycles. The minimum absolute atomic E-state index is 0.0111. The van der Waals surface area contributed by atoms with Gasteiger partial charge in [-0.2, -0.15) is 0 Å². The monoisotopic (exact) mass is 447 g/mol. The molecule has 1 aliphatic heterocycles. The third kappa shape index (κ3) is 4.11. The van der Waals surface area contributed by atoms with Crippen LogP contribution in [0.15, 0.2) is 66.0 Å². The molecule has 0 radical (unpaired) electrons. The van der Waals surface area contributed by atoms with E-state index in [1.807, 2.05) is 52.7 Å². The molecule has 5 rings (SSSR count). The first-order valence-electron chi connectivity index (χ1n) is 10.3. The summed E-state index contributed by atoms with van der Waals surface area (Å²) < 4.78 is 1.15. The van der Waals surface area contributed by atoms with Crippen LogP contribution in [-0.2, 0) is 0 Å². The Hall–Kier alpha value is -3.03. The van der Waals surface area contributed by atoms with Crippen molar-refractivity contribution in [2.45, 2.75) is 25.3 Å². The number of para-hydroxylation sites is 1. The fourth-order valence-corrected chi connectivity index (χ4v) is 5.69. The second kappa shape index (κ2) is 8.61. The molecule has 2 aromatic carbocycles. The molecule has 2 aromatic heterocycles. The van der Waals surface area contributed by atoms with Gasteiger partial charge in [0.25, 0.3) is 11.8 Å². The van der Waals surface area contributed by atoms with Crippen molar-refractivity contribution in [3.05, 3.63) is 81.5 Å². The van der Waals surface area contributed by atoms with Gasteiger partial charge in [0.2, 0.25) is 0 Å². The highest BCUT2D eigenvalue weighted by Gasteiger charge is 2.31. The van der Waals surface area contributed by atoms with E-state index < -0.39 is 0 Å².